The van der Waals surface area contributed by atoms with E-state index >= 15 is 0 Å². The van der Waals surface area contributed by atoms with E-state index in [0.717, 1.165) is 11.6 Å². The van der Waals surface area contributed by atoms with Gasteiger partial charge in [-0.15, -0.1) is 0 Å². The summed E-state index contributed by atoms with van der Waals surface area (Å²) < 4.78 is 48.3. The van der Waals surface area contributed by atoms with Gasteiger partial charge in [0.15, 0.2) is 11.6 Å². The predicted molar refractivity (Wildman–Crippen MR) is 119 cm³/mol. The maximum atomic E-state index is 14.3. The number of benzene rings is 2. The molecule has 34 heavy (non-hydrogen) atoms. The number of hydrogen-bond acceptors (Lipinski definition) is 4. The SMILES string of the molecule is Cc1nn(-c2ccc(F)cc2)c(Oc2ccc(F)cc2F)c1CCC(=O)NCc1ccncc1. The molecule has 2 aromatic carbocycles. The van der Waals surface area contributed by atoms with Crippen LogP contribution in [-0.4, -0.2) is 20.7 Å². The molecule has 0 spiro atoms. The third-order valence-electron chi connectivity index (χ3n) is 5.15. The van der Waals surface area contributed by atoms with Crippen molar-refractivity contribution in [3.05, 3.63) is 101 Å². The molecule has 4 rings (SSSR count). The summed E-state index contributed by atoms with van der Waals surface area (Å²) >= 11 is 0. The molecule has 0 aliphatic heterocycles. The number of nitrogens with one attached hydrogen (secondary N) is 1. The second-order valence-electron chi connectivity index (χ2n) is 7.57. The maximum Gasteiger partial charge on any atom is 0.226 e. The normalized spacial score (nSPS) is 10.8. The second-order valence-corrected chi connectivity index (χ2v) is 7.57. The van der Waals surface area contributed by atoms with E-state index in [1.165, 1.54) is 35.0 Å². The van der Waals surface area contributed by atoms with Gasteiger partial charge in [0.1, 0.15) is 11.6 Å². The zero-order valence-corrected chi connectivity index (χ0v) is 18.3. The zero-order valence-electron chi connectivity index (χ0n) is 18.3. The fourth-order valence-corrected chi connectivity index (χ4v) is 3.38. The fourth-order valence-electron chi connectivity index (χ4n) is 3.38. The van der Waals surface area contributed by atoms with Crippen LogP contribution in [0.15, 0.2) is 67.0 Å². The molecule has 0 radical (unpaired) electrons. The third-order valence-corrected chi connectivity index (χ3v) is 5.15. The molecule has 0 atom stereocenters. The number of pyridine rings is 1. The summed E-state index contributed by atoms with van der Waals surface area (Å²) in [4.78, 5) is 16.4. The van der Waals surface area contributed by atoms with Crippen molar-refractivity contribution in [3.8, 4) is 17.3 Å². The van der Waals surface area contributed by atoms with E-state index in [0.29, 0.717) is 29.6 Å². The number of halogens is 3. The van der Waals surface area contributed by atoms with Gasteiger partial charge in [-0.1, -0.05) is 0 Å². The van der Waals surface area contributed by atoms with Gasteiger partial charge in [0.2, 0.25) is 11.8 Å². The average Bonchev–Trinajstić information content (AvgIpc) is 3.14. The number of rotatable bonds is 8. The van der Waals surface area contributed by atoms with Crippen molar-refractivity contribution in [1.82, 2.24) is 20.1 Å². The van der Waals surface area contributed by atoms with E-state index in [2.05, 4.69) is 15.4 Å². The Morgan fingerprint density at radius 3 is 2.41 bits per heavy atom. The Morgan fingerprint density at radius 2 is 1.71 bits per heavy atom. The van der Waals surface area contributed by atoms with Gasteiger partial charge in [0.05, 0.1) is 11.4 Å². The van der Waals surface area contributed by atoms with Gasteiger partial charge >= 0.3 is 0 Å². The minimum Gasteiger partial charge on any atom is -0.436 e. The van der Waals surface area contributed by atoms with E-state index in [4.69, 9.17) is 4.74 Å². The molecule has 1 N–H and O–H groups in total. The lowest BCUT2D eigenvalue weighted by molar-refractivity contribution is -0.121. The molecule has 174 valence electrons. The fraction of sp³-hybridized carbons (Fsp3) is 0.160. The first-order chi connectivity index (χ1) is 16.4. The van der Waals surface area contributed by atoms with Crippen molar-refractivity contribution in [2.45, 2.75) is 26.3 Å². The molecule has 1 amide bonds. The highest BCUT2D eigenvalue weighted by molar-refractivity contribution is 5.76. The van der Waals surface area contributed by atoms with Crippen LogP contribution in [-0.2, 0) is 17.8 Å². The van der Waals surface area contributed by atoms with E-state index in [1.807, 2.05) is 0 Å². The smallest absolute Gasteiger partial charge is 0.226 e. The van der Waals surface area contributed by atoms with Gasteiger partial charge in [-0.05, 0) is 67.4 Å². The molecular weight excluding hydrogens is 445 g/mol. The molecule has 0 saturated carbocycles. The molecule has 0 aliphatic rings. The molecule has 0 unspecified atom stereocenters. The Hall–Kier alpha value is -4.14. The van der Waals surface area contributed by atoms with Crippen LogP contribution in [0, 0.1) is 24.4 Å². The van der Waals surface area contributed by atoms with Gasteiger partial charge < -0.3 is 10.1 Å². The number of carbonyl (C=O) groups is 1. The molecule has 0 bridgehead atoms. The van der Waals surface area contributed by atoms with E-state index in [-0.39, 0.29) is 30.4 Å². The Labute approximate surface area is 194 Å². The number of amides is 1. The minimum absolute atomic E-state index is 0.128. The molecular formula is C25H21F3N4O2. The second kappa shape index (κ2) is 10.2. The predicted octanol–water partition coefficient (Wildman–Crippen LogP) is 5.03. The minimum atomic E-state index is -0.884. The lowest BCUT2D eigenvalue weighted by atomic mass is 10.1. The standard InChI is InChI=1S/C25H21F3N4O2/c1-16-21(7-9-24(33)30-15-17-10-12-29-13-11-17)25(34-23-8-4-19(27)14-22(23)28)32(31-16)20-5-2-18(26)3-6-20/h2-6,8,10-14H,7,9,15H2,1H3,(H,30,33). The van der Waals surface area contributed by atoms with Crippen LogP contribution in [0.5, 0.6) is 11.6 Å². The van der Waals surface area contributed by atoms with Crippen molar-refractivity contribution in [3.63, 3.8) is 0 Å². The first kappa shape index (κ1) is 23.0. The van der Waals surface area contributed by atoms with Crippen molar-refractivity contribution in [1.29, 1.82) is 0 Å². The van der Waals surface area contributed by atoms with Crippen LogP contribution >= 0.6 is 0 Å². The van der Waals surface area contributed by atoms with Crippen LogP contribution in [0.25, 0.3) is 5.69 Å². The van der Waals surface area contributed by atoms with Gasteiger partial charge in [-0.25, -0.2) is 17.9 Å². The number of ether oxygens (including phenoxy) is 1. The first-order valence-electron chi connectivity index (χ1n) is 10.5. The molecule has 2 heterocycles. The van der Waals surface area contributed by atoms with Gasteiger partial charge in [0, 0.05) is 37.0 Å². The highest BCUT2D eigenvalue weighted by Gasteiger charge is 2.21. The van der Waals surface area contributed by atoms with Crippen molar-refractivity contribution in [2.75, 3.05) is 0 Å². The number of hydrogen-bond donors (Lipinski definition) is 1. The summed E-state index contributed by atoms with van der Waals surface area (Å²) in [7, 11) is 0. The molecule has 0 aliphatic carbocycles. The molecule has 9 heteroatoms. The van der Waals surface area contributed by atoms with Crippen LogP contribution < -0.4 is 10.1 Å². The third kappa shape index (κ3) is 5.43. The summed E-state index contributed by atoms with van der Waals surface area (Å²) in [5.74, 6) is -2.27. The van der Waals surface area contributed by atoms with E-state index in [9.17, 15) is 18.0 Å². The van der Waals surface area contributed by atoms with Crippen molar-refractivity contribution >= 4 is 5.91 Å². The number of nitrogens with zero attached hydrogens (tertiary/aromatic N) is 3. The molecule has 2 aromatic heterocycles. The highest BCUT2D eigenvalue weighted by atomic mass is 19.1. The molecule has 6 nitrogen and oxygen atoms in total. The zero-order chi connectivity index (χ0) is 24.1. The summed E-state index contributed by atoms with van der Waals surface area (Å²) in [5.41, 5.74) is 2.53. The lowest BCUT2D eigenvalue weighted by Gasteiger charge is -2.12. The van der Waals surface area contributed by atoms with Gasteiger partial charge in [0.25, 0.3) is 0 Å². The van der Waals surface area contributed by atoms with Crippen LogP contribution in [0.1, 0.15) is 23.2 Å². The molecule has 0 fully saturated rings. The summed E-state index contributed by atoms with van der Waals surface area (Å²) in [6.07, 6.45) is 3.68. The Bertz CT molecular complexity index is 1290. The molecule has 0 saturated heterocycles. The van der Waals surface area contributed by atoms with E-state index in [1.54, 1.807) is 31.5 Å². The number of carbonyl (C=O) groups excluding carboxylic acids is 1. The van der Waals surface area contributed by atoms with Gasteiger partial charge in [-0.2, -0.15) is 5.10 Å². The van der Waals surface area contributed by atoms with Crippen LogP contribution in [0.4, 0.5) is 13.2 Å². The monoisotopic (exact) mass is 466 g/mol. The Balaban J connectivity index is 1.59. The van der Waals surface area contributed by atoms with Crippen molar-refractivity contribution < 1.29 is 22.7 Å². The Morgan fingerprint density at radius 1 is 1.00 bits per heavy atom. The number of aromatic nitrogens is 3. The summed E-state index contributed by atoms with van der Waals surface area (Å²) in [5, 5.41) is 7.30. The first-order valence-corrected chi connectivity index (χ1v) is 10.5. The van der Waals surface area contributed by atoms with Gasteiger partial charge in [-0.3, -0.25) is 9.78 Å². The van der Waals surface area contributed by atoms with Crippen LogP contribution in [0.2, 0.25) is 0 Å². The van der Waals surface area contributed by atoms with E-state index < -0.39 is 17.5 Å². The summed E-state index contributed by atoms with van der Waals surface area (Å²) in [6.45, 7) is 2.09. The largest absolute Gasteiger partial charge is 0.436 e. The quantitative estimate of drug-likeness (QED) is 0.395. The molecule has 4 aromatic rings. The number of aryl methyl sites for hydroxylation is 1. The maximum absolute atomic E-state index is 14.3. The highest BCUT2D eigenvalue weighted by Crippen LogP contribution is 2.33. The van der Waals surface area contributed by atoms with Crippen molar-refractivity contribution in [2.24, 2.45) is 0 Å². The Kier molecular flexibility index (Phi) is 6.91. The lowest BCUT2D eigenvalue weighted by Crippen LogP contribution is -2.23. The summed E-state index contributed by atoms with van der Waals surface area (Å²) in [6, 6.07) is 12.1. The van der Waals surface area contributed by atoms with Crippen LogP contribution in [0.3, 0.4) is 0 Å². The average molecular weight is 466 g/mol. The topological polar surface area (TPSA) is 69.0 Å².